The van der Waals surface area contributed by atoms with E-state index in [-0.39, 0.29) is 5.91 Å². The van der Waals surface area contributed by atoms with Crippen LogP contribution in [0.4, 0.5) is 5.69 Å². The number of carbonyl (C=O) groups excluding carboxylic acids is 1. The minimum atomic E-state index is -0.194. The number of aliphatic imine (C=N–C) groups is 1. The molecule has 0 saturated carbocycles. The molecule has 6 heteroatoms. The molecule has 1 amide bonds. The van der Waals surface area contributed by atoms with Gasteiger partial charge in [-0.2, -0.15) is 0 Å². The van der Waals surface area contributed by atoms with Gasteiger partial charge in [0.1, 0.15) is 12.4 Å². The van der Waals surface area contributed by atoms with E-state index in [9.17, 15) is 4.79 Å². The normalized spacial score (nSPS) is 16.0. The Morgan fingerprint density at radius 3 is 2.39 bits per heavy atom. The van der Waals surface area contributed by atoms with Gasteiger partial charge in [-0.3, -0.25) is 4.79 Å². The van der Waals surface area contributed by atoms with Gasteiger partial charge in [0.2, 0.25) is 0 Å². The number of carbonyl (C=O) groups is 1. The summed E-state index contributed by atoms with van der Waals surface area (Å²) in [6.07, 6.45) is 1.79. The fourth-order valence-corrected chi connectivity index (χ4v) is 3.98. The molecule has 0 aromatic heterocycles. The molecule has 0 bridgehead atoms. The Labute approximate surface area is 191 Å². The van der Waals surface area contributed by atoms with Crippen molar-refractivity contribution in [2.24, 2.45) is 4.99 Å². The third-order valence-corrected chi connectivity index (χ3v) is 5.83. The van der Waals surface area contributed by atoms with E-state index in [0.717, 1.165) is 22.4 Å². The number of hydrogen-bond acceptors (Lipinski definition) is 4. The molecule has 31 heavy (non-hydrogen) atoms. The van der Waals surface area contributed by atoms with Crippen LogP contribution in [0.15, 0.2) is 76.6 Å². The number of ether oxygens (including phenoxy) is 1. The van der Waals surface area contributed by atoms with Crippen molar-refractivity contribution in [3.63, 3.8) is 0 Å². The third-order valence-electron chi connectivity index (χ3n) is 4.69. The summed E-state index contributed by atoms with van der Waals surface area (Å²) >= 11 is 7.50. The lowest BCUT2D eigenvalue weighted by Gasteiger charge is -2.10. The van der Waals surface area contributed by atoms with Crippen LogP contribution >= 0.6 is 23.4 Å². The summed E-state index contributed by atoms with van der Waals surface area (Å²) < 4.78 is 6.02. The van der Waals surface area contributed by atoms with E-state index in [0.29, 0.717) is 27.5 Å². The first kappa shape index (κ1) is 21.2. The van der Waals surface area contributed by atoms with Crippen molar-refractivity contribution in [2.75, 3.05) is 0 Å². The average molecular weight is 449 g/mol. The molecule has 1 aliphatic rings. The molecular weight excluding hydrogens is 428 g/mol. The lowest BCUT2D eigenvalue weighted by atomic mass is 10.1. The number of amides is 1. The average Bonchev–Trinajstić information content (AvgIpc) is 3.09. The zero-order chi connectivity index (χ0) is 21.8. The van der Waals surface area contributed by atoms with Crippen molar-refractivity contribution in [1.29, 1.82) is 0 Å². The summed E-state index contributed by atoms with van der Waals surface area (Å²) in [5.74, 6) is 0.468. The fourth-order valence-electron chi connectivity index (χ4n) is 2.97. The largest absolute Gasteiger partial charge is 0.488 e. The maximum atomic E-state index is 12.5. The Kier molecular flexibility index (Phi) is 6.44. The van der Waals surface area contributed by atoms with Crippen LogP contribution in [0.3, 0.4) is 0 Å². The topological polar surface area (TPSA) is 50.7 Å². The standard InChI is InChI=1S/C25H21ClN2O2S/c1-16-3-7-18(8-4-16)15-30-22-12-9-20(26)13-19(22)14-23-24(29)28-25(31-23)27-21-10-5-17(2)6-11-21/h3-14H,15H2,1-2H3,(H,27,28,29)/b23-14-. The summed E-state index contributed by atoms with van der Waals surface area (Å²) in [6.45, 7) is 4.50. The van der Waals surface area contributed by atoms with Crippen molar-refractivity contribution in [1.82, 2.24) is 5.32 Å². The summed E-state index contributed by atoms with van der Waals surface area (Å²) in [7, 11) is 0. The van der Waals surface area contributed by atoms with E-state index in [1.807, 2.05) is 49.4 Å². The number of amidine groups is 1. The number of aryl methyl sites for hydroxylation is 2. The number of thioether (sulfide) groups is 1. The highest BCUT2D eigenvalue weighted by atomic mass is 35.5. The second-order valence-electron chi connectivity index (χ2n) is 7.27. The molecule has 1 N–H and O–H groups in total. The number of nitrogens with zero attached hydrogens (tertiary/aromatic N) is 1. The highest BCUT2D eigenvalue weighted by molar-refractivity contribution is 8.18. The summed E-state index contributed by atoms with van der Waals surface area (Å²) in [5, 5.41) is 3.94. The molecule has 0 atom stereocenters. The molecule has 0 radical (unpaired) electrons. The van der Waals surface area contributed by atoms with E-state index in [4.69, 9.17) is 16.3 Å². The van der Waals surface area contributed by atoms with Gasteiger partial charge in [0.05, 0.1) is 10.6 Å². The molecule has 3 aromatic rings. The van der Waals surface area contributed by atoms with Crippen molar-refractivity contribution < 1.29 is 9.53 Å². The summed E-state index contributed by atoms with van der Waals surface area (Å²) in [4.78, 5) is 17.5. The van der Waals surface area contributed by atoms with Crippen LogP contribution in [-0.4, -0.2) is 11.1 Å². The van der Waals surface area contributed by atoms with Crippen LogP contribution in [-0.2, 0) is 11.4 Å². The van der Waals surface area contributed by atoms with Gasteiger partial charge in [-0.25, -0.2) is 4.99 Å². The number of benzene rings is 3. The van der Waals surface area contributed by atoms with Gasteiger partial charge in [0, 0.05) is 10.6 Å². The molecule has 4 rings (SSSR count). The van der Waals surface area contributed by atoms with Crippen molar-refractivity contribution in [2.45, 2.75) is 20.5 Å². The number of rotatable bonds is 5. The summed E-state index contributed by atoms with van der Waals surface area (Å²) in [5.41, 5.74) is 4.97. The van der Waals surface area contributed by atoms with Crippen LogP contribution in [0.25, 0.3) is 6.08 Å². The Morgan fingerprint density at radius 2 is 1.68 bits per heavy atom. The lowest BCUT2D eigenvalue weighted by molar-refractivity contribution is -0.115. The molecule has 0 aliphatic carbocycles. The molecule has 0 spiro atoms. The maximum Gasteiger partial charge on any atom is 0.264 e. The third kappa shape index (κ3) is 5.57. The quantitative estimate of drug-likeness (QED) is 0.457. The number of halogens is 1. The minimum absolute atomic E-state index is 0.194. The molecule has 4 nitrogen and oxygen atoms in total. The molecule has 1 aliphatic heterocycles. The van der Waals surface area contributed by atoms with Crippen LogP contribution < -0.4 is 10.1 Å². The van der Waals surface area contributed by atoms with Crippen LogP contribution in [0.2, 0.25) is 5.02 Å². The fraction of sp³-hybridized carbons (Fsp3) is 0.120. The molecule has 1 saturated heterocycles. The van der Waals surface area contributed by atoms with E-state index in [1.165, 1.54) is 17.3 Å². The molecule has 1 heterocycles. The molecule has 3 aromatic carbocycles. The van der Waals surface area contributed by atoms with Crippen molar-refractivity contribution in [3.05, 3.63) is 98.9 Å². The Balaban J connectivity index is 1.54. The smallest absolute Gasteiger partial charge is 0.264 e. The predicted molar refractivity (Wildman–Crippen MR) is 129 cm³/mol. The van der Waals surface area contributed by atoms with Gasteiger partial charge in [-0.1, -0.05) is 59.1 Å². The molecule has 0 unspecified atom stereocenters. The highest BCUT2D eigenvalue weighted by Crippen LogP contribution is 2.32. The van der Waals surface area contributed by atoms with Gasteiger partial charge in [-0.05, 0) is 67.6 Å². The first-order valence-corrected chi connectivity index (χ1v) is 11.0. The first-order chi connectivity index (χ1) is 15.0. The van der Waals surface area contributed by atoms with E-state index < -0.39 is 0 Å². The monoisotopic (exact) mass is 448 g/mol. The zero-order valence-electron chi connectivity index (χ0n) is 17.2. The van der Waals surface area contributed by atoms with Crippen molar-refractivity contribution >= 4 is 46.2 Å². The molecule has 1 fully saturated rings. The molecular formula is C25H21ClN2O2S. The second kappa shape index (κ2) is 9.41. The van der Waals surface area contributed by atoms with E-state index in [2.05, 4.69) is 29.4 Å². The SMILES string of the molecule is Cc1ccc(COc2ccc(Cl)cc2/C=C2\SC(=Nc3ccc(C)cc3)NC2=O)cc1. The first-order valence-electron chi connectivity index (χ1n) is 9.80. The summed E-state index contributed by atoms with van der Waals surface area (Å²) in [6, 6.07) is 21.4. The van der Waals surface area contributed by atoms with Crippen LogP contribution in [0, 0.1) is 13.8 Å². The highest BCUT2D eigenvalue weighted by Gasteiger charge is 2.24. The number of nitrogens with one attached hydrogen (secondary N) is 1. The van der Waals surface area contributed by atoms with Gasteiger partial charge >= 0.3 is 0 Å². The Hall–Kier alpha value is -3.02. The van der Waals surface area contributed by atoms with Gasteiger partial charge in [0.25, 0.3) is 5.91 Å². The van der Waals surface area contributed by atoms with Crippen LogP contribution in [0.1, 0.15) is 22.3 Å². The minimum Gasteiger partial charge on any atom is -0.488 e. The van der Waals surface area contributed by atoms with Crippen LogP contribution in [0.5, 0.6) is 5.75 Å². The van der Waals surface area contributed by atoms with Gasteiger partial charge < -0.3 is 10.1 Å². The second-order valence-corrected chi connectivity index (χ2v) is 8.74. The molecule has 156 valence electrons. The Morgan fingerprint density at radius 1 is 1.00 bits per heavy atom. The van der Waals surface area contributed by atoms with Crippen molar-refractivity contribution in [3.8, 4) is 5.75 Å². The Bertz CT molecular complexity index is 1170. The van der Waals surface area contributed by atoms with Gasteiger partial charge in [0.15, 0.2) is 5.17 Å². The lowest BCUT2D eigenvalue weighted by Crippen LogP contribution is -2.19. The number of hydrogen-bond donors (Lipinski definition) is 1. The van der Waals surface area contributed by atoms with E-state index in [1.54, 1.807) is 18.2 Å². The maximum absolute atomic E-state index is 12.5. The predicted octanol–water partition coefficient (Wildman–Crippen LogP) is 6.43. The van der Waals surface area contributed by atoms with Gasteiger partial charge in [-0.15, -0.1) is 0 Å². The van der Waals surface area contributed by atoms with E-state index >= 15 is 0 Å². The zero-order valence-corrected chi connectivity index (χ0v) is 18.8.